The van der Waals surface area contributed by atoms with Gasteiger partial charge in [0.15, 0.2) is 0 Å². The van der Waals surface area contributed by atoms with Crippen LogP contribution in [0.25, 0.3) is 0 Å². The first-order valence-electron chi connectivity index (χ1n) is 7.22. The molecule has 0 fully saturated rings. The summed E-state index contributed by atoms with van der Waals surface area (Å²) >= 11 is 0. The number of hydrogen-bond donors (Lipinski definition) is 2. The molecule has 6 nitrogen and oxygen atoms in total. The van der Waals surface area contributed by atoms with Crippen molar-refractivity contribution in [3.05, 3.63) is 24.3 Å². The van der Waals surface area contributed by atoms with Crippen LogP contribution in [0.5, 0.6) is 0 Å². The quantitative estimate of drug-likeness (QED) is 0.425. The van der Waals surface area contributed by atoms with Gasteiger partial charge in [0.1, 0.15) is 0 Å². The molecule has 0 bridgehead atoms. The highest BCUT2D eigenvalue weighted by Crippen LogP contribution is 2.32. The van der Waals surface area contributed by atoms with Crippen molar-refractivity contribution in [3.63, 3.8) is 0 Å². The van der Waals surface area contributed by atoms with E-state index < -0.39 is 29.7 Å². The summed E-state index contributed by atoms with van der Waals surface area (Å²) in [6.45, 7) is 6.84. The van der Waals surface area contributed by atoms with Gasteiger partial charge >= 0.3 is 17.9 Å². The molecule has 0 aromatic carbocycles. The Labute approximate surface area is 129 Å². The molecule has 4 atom stereocenters. The molecule has 1 rings (SSSR count). The van der Waals surface area contributed by atoms with Crippen molar-refractivity contribution in [1.29, 1.82) is 0 Å². The first-order valence-corrected chi connectivity index (χ1v) is 7.22. The van der Waals surface area contributed by atoms with Crippen molar-refractivity contribution in [2.45, 2.75) is 39.2 Å². The van der Waals surface area contributed by atoms with E-state index in [9.17, 15) is 14.4 Å². The van der Waals surface area contributed by atoms with Gasteiger partial charge in [0.25, 0.3) is 0 Å². The van der Waals surface area contributed by atoms with Crippen LogP contribution in [0.4, 0.5) is 0 Å². The van der Waals surface area contributed by atoms with Gasteiger partial charge in [-0.3, -0.25) is 9.59 Å². The maximum Gasteiger partial charge on any atom is 0.333 e. The Morgan fingerprint density at radius 3 is 2.41 bits per heavy atom. The van der Waals surface area contributed by atoms with Gasteiger partial charge in [-0.1, -0.05) is 18.7 Å². The third kappa shape index (κ3) is 5.02. The smallest absolute Gasteiger partial charge is 0.333 e. The van der Waals surface area contributed by atoms with Gasteiger partial charge in [-0.15, -0.1) is 0 Å². The predicted molar refractivity (Wildman–Crippen MR) is 79.1 cm³/mol. The van der Waals surface area contributed by atoms with Gasteiger partial charge in [-0.2, -0.15) is 0 Å². The summed E-state index contributed by atoms with van der Waals surface area (Å²) in [5.74, 6) is -4.58. The second kappa shape index (κ2) is 7.77. The molecule has 0 radical (unpaired) electrons. The van der Waals surface area contributed by atoms with Crippen molar-refractivity contribution >= 4 is 17.9 Å². The van der Waals surface area contributed by atoms with Gasteiger partial charge in [-0.05, 0) is 39.0 Å². The molecule has 6 heteroatoms. The summed E-state index contributed by atoms with van der Waals surface area (Å²) in [6.07, 6.45) is 4.42. The maximum atomic E-state index is 11.4. The number of aliphatic carboxylic acids is 2. The molecule has 1 aliphatic carbocycles. The van der Waals surface area contributed by atoms with Crippen LogP contribution >= 0.6 is 0 Å². The zero-order chi connectivity index (χ0) is 16.9. The third-order valence-electron chi connectivity index (χ3n) is 3.78. The average Bonchev–Trinajstić information content (AvgIpc) is 2.44. The minimum atomic E-state index is -1.12. The van der Waals surface area contributed by atoms with E-state index in [0.29, 0.717) is 18.4 Å². The van der Waals surface area contributed by atoms with E-state index in [0.717, 1.165) is 0 Å². The molecule has 122 valence electrons. The van der Waals surface area contributed by atoms with E-state index in [1.165, 1.54) is 6.08 Å². The molecule has 0 spiro atoms. The first kappa shape index (κ1) is 17.9. The lowest BCUT2D eigenvalue weighted by molar-refractivity contribution is -0.152. The Kier molecular flexibility index (Phi) is 6.34. The highest BCUT2D eigenvalue weighted by Gasteiger charge is 2.36. The Morgan fingerprint density at radius 2 is 1.91 bits per heavy atom. The molecular weight excluding hydrogens is 288 g/mol. The number of rotatable bonds is 7. The third-order valence-corrected chi connectivity index (χ3v) is 3.78. The van der Waals surface area contributed by atoms with Crippen molar-refractivity contribution in [3.8, 4) is 0 Å². The predicted octanol–water partition coefficient (Wildman–Crippen LogP) is 2.25. The molecule has 22 heavy (non-hydrogen) atoms. The number of hydrogen-bond acceptors (Lipinski definition) is 4. The van der Waals surface area contributed by atoms with E-state index in [1.54, 1.807) is 19.9 Å². The molecule has 0 aromatic rings. The minimum Gasteiger partial charge on any atom is -0.481 e. The summed E-state index contributed by atoms with van der Waals surface area (Å²) in [5.41, 5.74) is 0.333. The summed E-state index contributed by atoms with van der Waals surface area (Å²) < 4.78 is 5.16. The van der Waals surface area contributed by atoms with Crippen LogP contribution in [-0.4, -0.2) is 34.2 Å². The number of carbonyl (C=O) groups is 3. The number of carboxylic acid groups (broad SMARTS) is 2. The fourth-order valence-electron chi connectivity index (χ4n) is 2.48. The topological polar surface area (TPSA) is 101 Å². The Balaban J connectivity index is 2.55. The molecule has 1 aliphatic rings. The second-order valence-corrected chi connectivity index (χ2v) is 5.76. The van der Waals surface area contributed by atoms with Gasteiger partial charge < -0.3 is 14.9 Å². The summed E-state index contributed by atoms with van der Waals surface area (Å²) in [6, 6.07) is 0. The van der Waals surface area contributed by atoms with Gasteiger partial charge in [0.05, 0.1) is 17.9 Å². The van der Waals surface area contributed by atoms with Gasteiger partial charge in [-0.25, -0.2) is 4.79 Å². The monoisotopic (exact) mass is 310 g/mol. The standard InChI is InChI=1S/C16H22O6/c1-9(2)16(21)22-10(3)4-5-11-6-7-12(14(17)18)13(8-11)15(19)20/h6-7,10-13H,1,4-5,8H2,2-3H3,(H,17,18)(H,19,20). The summed E-state index contributed by atoms with van der Waals surface area (Å²) in [4.78, 5) is 33.6. The maximum absolute atomic E-state index is 11.4. The number of esters is 1. The van der Waals surface area contributed by atoms with Crippen LogP contribution in [-0.2, 0) is 19.1 Å². The molecule has 0 amide bonds. The van der Waals surface area contributed by atoms with Crippen molar-refractivity contribution in [1.82, 2.24) is 0 Å². The van der Waals surface area contributed by atoms with Crippen LogP contribution in [0.2, 0.25) is 0 Å². The molecule has 2 N–H and O–H groups in total. The van der Waals surface area contributed by atoms with Gasteiger partial charge in [0, 0.05) is 5.57 Å². The normalized spacial score (nSPS) is 25.3. The van der Waals surface area contributed by atoms with E-state index in [4.69, 9.17) is 14.9 Å². The fourth-order valence-corrected chi connectivity index (χ4v) is 2.48. The van der Waals surface area contributed by atoms with E-state index in [1.807, 2.05) is 0 Å². The number of allylic oxidation sites excluding steroid dienone is 1. The second-order valence-electron chi connectivity index (χ2n) is 5.76. The van der Waals surface area contributed by atoms with Crippen molar-refractivity contribution in [2.24, 2.45) is 17.8 Å². The Bertz CT molecular complexity index is 493. The molecule has 0 heterocycles. The molecule has 4 unspecified atom stereocenters. The fraction of sp³-hybridized carbons (Fsp3) is 0.562. The summed E-state index contributed by atoms with van der Waals surface area (Å²) in [5, 5.41) is 18.2. The average molecular weight is 310 g/mol. The highest BCUT2D eigenvalue weighted by atomic mass is 16.5. The minimum absolute atomic E-state index is 0.0253. The van der Waals surface area contributed by atoms with Crippen LogP contribution in [0.15, 0.2) is 24.3 Å². The molecule has 0 saturated heterocycles. The lowest BCUT2D eigenvalue weighted by atomic mass is 9.77. The number of ether oxygens (including phenoxy) is 1. The summed E-state index contributed by atoms with van der Waals surface area (Å²) in [7, 11) is 0. The van der Waals surface area contributed by atoms with E-state index >= 15 is 0 Å². The van der Waals surface area contributed by atoms with Crippen molar-refractivity contribution < 1.29 is 29.3 Å². The zero-order valence-corrected chi connectivity index (χ0v) is 12.8. The first-order chi connectivity index (χ1) is 10.2. The largest absolute Gasteiger partial charge is 0.481 e. The number of carbonyl (C=O) groups excluding carboxylic acids is 1. The zero-order valence-electron chi connectivity index (χ0n) is 12.8. The van der Waals surface area contributed by atoms with Crippen LogP contribution in [0, 0.1) is 17.8 Å². The SMILES string of the molecule is C=C(C)C(=O)OC(C)CCC1C=CC(C(=O)O)C(C(=O)O)C1. The lowest BCUT2D eigenvalue weighted by Gasteiger charge is -2.27. The van der Waals surface area contributed by atoms with Crippen LogP contribution in [0.1, 0.15) is 33.1 Å². The Morgan fingerprint density at radius 1 is 1.27 bits per heavy atom. The van der Waals surface area contributed by atoms with Gasteiger partial charge in [0.2, 0.25) is 0 Å². The van der Waals surface area contributed by atoms with Crippen molar-refractivity contribution in [2.75, 3.05) is 0 Å². The Hall–Kier alpha value is -2.11. The lowest BCUT2D eigenvalue weighted by Crippen LogP contribution is -2.33. The molecular formula is C16H22O6. The number of carboxylic acids is 2. The van der Waals surface area contributed by atoms with E-state index in [-0.39, 0.29) is 18.4 Å². The van der Waals surface area contributed by atoms with E-state index in [2.05, 4.69) is 6.58 Å². The highest BCUT2D eigenvalue weighted by molar-refractivity contribution is 5.87. The molecule has 0 aliphatic heterocycles. The van der Waals surface area contributed by atoms with Crippen LogP contribution in [0.3, 0.4) is 0 Å². The van der Waals surface area contributed by atoms with Crippen LogP contribution < -0.4 is 0 Å². The molecule has 0 saturated carbocycles. The molecule has 0 aromatic heterocycles.